The minimum absolute atomic E-state index is 0.127. The van der Waals surface area contributed by atoms with E-state index in [4.69, 9.17) is 4.74 Å². The third-order valence-corrected chi connectivity index (χ3v) is 5.76. The highest BCUT2D eigenvalue weighted by Crippen LogP contribution is 2.30. The molecule has 0 bridgehead atoms. The van der Waals surface area contributed by atoms with E-state index in [1.807, 2.05) is 6.20 Å². The number of piperazine rings is 1. The van der Waals surface area contributed by atoms with Crippen LogP contribution < -0.4 is 15.0 Å². The van der Waals surface area contributed by atoms with Crippen molar-refractivity contribution < 1.29 is 9.53 Å². The third kappa shape index (κ3) is 3.49. The number of fused-ring (bicyclic) bond motifs is 1. The number of nitrogens with zero attached hydrogens (tertiary/aromatic N) is 5. The summed E-state index contributed by atoms with van der Waals surface area (Å²) in [6, 6.07) is 2.43. The van der Waals surface area contributed by atoms with Crippen molar-refractivity contribution in [2.24, 2.45) is 0 Å². The van der Waals surface area contributed by atoms with E-state index in [0.29, 0.717) is 11.2 Å². The number of aromatic nitrogens is 3. The van der Waals surface area contributed by atoms with E-state index < -0.39 is 0 Å². The van der Waals surface area contributed by atoms with E-state index in [0.717, 1.165) is 55.8 Å². The van der Waals surface area contributed by atoms with Crippen LogP contribution in [-0.2, 0) is 11.2 Å². The van der Waals surface area contributed by atoms with Crippen molar-refractivity contribution in [3.8, 4) is 5.75 Å². The van der Waals surface area contributed by atoms with Crippen LogP contribution in [0.1, 0.15) is 31.1 Å². The van der Waals surface area contributed by atoms with Crippen LogP contribution in [0.25, 0.3) is 0 Å². The van der Waals surface area contributed by atoms with Crippen LogP contribution in [0.3, 0.4) is 0 Å². The summed E-state index contributed by atoms with van der Waals surface area (Å²) in [7, 11) is 0. The van der Waals surface area contributed by atoms with E-state index in [2.05, 4.69) is 43.3 Å². The third-order valence-electron chi connectivity index (χ3n) is 4.86. The molecule has 0 aromatic carbocycles. The fourth-order valence-electron chi connectivity index (χ4n) is 3.34. The number of anilines is 2. The minimum Gasteiger partial charge on any atom is -0.491 e. The molecule has 0 saturated carbocycles. The first-order valence-electron chi connectivity index (χ1n) is 8.82. The summed E-state index contributed by atoms with van der Waals surface area (Å²) in [5.74, 6) is 0.811. The molecule has 1 saturated heterocycles. The van der Waals surface area contributed by atoms with Gasteiger partial charge in [-0.25, -0.2) is 0 Å². The maximum absolute atomic E-state index is 11.1. The summed E-state index contributed by atoms with van der Waals surface area (Å²) in [5.41, 5.74) is 2.26. The molecular formula is C17H22N6O2S. The van der Waals surface area contributed by atoms with Crippen LogP contribution in [0.15, 0.2) is 12.3 Å². The van der Waals surface area contributed by atoms with Gasteiger partial charge in [0, 0.05) is 51.8 Å². The van der Waals surface area contributed by atoms with Gasteiger partial charge in [0.1, 0.15) is 5.75 Å². The van der Waals surface area contributed by atoms with Crippen molar-refractivity contribution >= 4 is 27.5 Å². The first kappa shape index (κ1) is 17.2. The fourth-order valence-corrected chi connectivity index (χ4v) is 4.19. The van der Waals surface area contributed by atoms with E-state index >= 15 is 0 Å². The van der Waals surface area contributed by atoms with Gasteiger partial charge >= 0.3 is 0 Å². The lowest BCUT2D eigenvalue weighted by Gasteiger charge is -2.37. The standard InChI is InChI=1S/C17H22N6O2S/c1-11(13-9-15-14(18-10-13)3-8-25-15)22-4-6-23(7-5-22)17-21-20-16(26-17)19-12(2)24/h9-11H,3-8H2,1-2H3,(H,19,20,24)/t11-/m0/s1. The smallest absolute Gasteiger partial charge is 0.223 e. The second-order valence-electron chi connectivity index (χ2n) is 6.58. The monoisotopic (exact) mass is 374 g/mol. The number of hydrogen-bond acceptors (Lipinski definition) is 8. The number of hydrogen-bond donors (Lipinski definition) is 1. The van der Waals surface area contributed by atoms with Crippen molar-refractivity contribution in [3.05, 3.63) is 23.5 Å². The Morgan fingerprint density at radius 2 is 2.12 bits per heavy atom. The predicted molar refractivity (Wildman–Crippen MR) is 99.8 cm³/mol. The molecule has 1 atom stereocenters. The van der Waals surface area contributed by atoms with Crippen LogP contribution in [0.5, 0.6) is 5.75 Å². The van der Waals surface area contributed by atoms with Crippen molar-refractivity contribution in [2.75, 3.05) is 43.0 Å². The van der Waals surface area contributed by atoms with Gasteiger partial charge in [-0.1, -0.05) is 11.3 Å². The molecule has 8 nitrogen and oxygen atoms in total. The normalized spacial score (nSPS) is 18.3. The molecular weight excluding hydrogens is 352 g/mol. The summed E-state index contributed by atoms with van der Waals surface area (Å²) in [4.78, 5) is 20.3. The Morgan fingerprint density at radius 1 is 1.31 bits per heavy atom. The van der Waals surface area contributed by atoms with Crippen molar-refractivity contribution in [3.63, 3.8) is 0 Å². The van der Waals surface area contributed by atoms with Crippen molar-refractivity contribution in [1.29, 1.82) is 0 Å². The zero-order chi connectivity index (χ0) is 18.1. The Bertz CT molecular complexity index is 802. The molecule has 2 aromatic heterocycles. The molecule has 2 aliphatic heterocycles. The molecule has 1 amide bonds. The first-order valence-corrected chi connectivity index (χ1v) is 9.63. The molecule has 1 N–H and O–H groups in total. The van der Waals surface area contributed by atoms with Crippen LogP contribution in [0, 0.1) is 0 Å². The highest BCUT2D eigenvalue weighted by Gasteiger charge is 2.25. The number of rotatable bonds is 4. The number of nitrogens with one attached hydrogen (secondary N) is 1. The average molecular weight is 374 g/mol. The zero-order valence-corrected chi connectivity index (χ0v) is 15.8. The predicted octanol–water partition coefficient (Wildman–Crippen LogP) is 1.71. The SMILES string of the molecule is CC(=O)Nc1nnc(N2CCN([C@@H](C)c3cnc4c(c3)OCC4)CC2)s1. The molecule has 0 unspecified atom stereocenters. The molecule has 4 rings (SSSR count). The van der Waals surface area contributed by atoms with Gasteiger partial charge in [-0.05, 0) is 18.6 Å². The number of carbonyl (C=O) groups excluding carboxylic acids is 1. The lowest BCUT2D eigenvalue weighted by Crippen LogP contribution is -2.47. The quantitative estimate of drug-likeness (QED) is 0.872. The number of ether oxygens (including phenoxy) is 1. The van der Waals surface area contributed by atoms with Crippen LogP contribution in [-0.4, -0.2) is 58.8 Å². The van der Waals surface area contributed by atoms with Gasteiger partial charge in [0.05, 0.1) is 12.3 Å². The Balaban J connectivity index is 1.37. The zero-order valence-electron chi connectivity index (χ0n) is 14.9. The van der Waals surface area contributed by atoms with Crippen molar-refractivity contribution in [1.82, 2.24) is 20.1 Å². The molecule has 4 heterocycles. The number of carbonyl (C=O) groups is 1. The minimum atomic E-state index is -0.127. The van der Waals surface area contributed by atoms with Crippen LogP contribution >= 0.6 is 11.3 Å². The van der Waals surface area contributed by atoms with Gasteiger partial charge < -0.3 is 15.0 Å². The van der Waals surface area contributed by atoms with Gasteiger partial charge in [0.15, 0.2) is 0 Å². The van der Waals surface area contributed by atoms with Crippen LogP contribution in [0.2, 0.25) is 0 Å². The Kier molecular flexibility index (Phi) is 4.73. The van der Waals surface area contributed by atoms with E-state index in [9.17, 15) is 4.79 Å². The lowest BCUT2D eigenvalue weighted by molar-refractivity contribution is -0.114. The first-order chi connectivity index (χ1) is 12.6. The number of pyridine rings is 1. The summed E-state index contributed by atoms with van der Waals surface area (Å²) in [6.45, 7) is 8.07. The fraction of sp³-hybridized carbons (Fsp3) is 0.529. The Labute approximate surface area is 156 Å². The lowest BCUT2D eigenvalue weighted by atomic mass is 10.1. The van der Waals surface area contributed by atoms with E-state index in [1.54, 1.807) is 0 Å². The Morgan fingerprint density at radius 3 is 2.88 bits per heavy atom. The molecule has 26 heavy (non-hydrogen) atoms. The van der Waals surface area contributed by atoms with Gasteiger partial charge in [-0.2, -0.15) is 0 Å². The average Bonchev–Trinajstić information content (AvgIpc) is 3.29. The highest BCUT2D eigenvalue weighted by molar-refractivity contribution is 7.19. The topological polar surface area (TPSA) is 83.5 Å². The van der Waals surface area contributed by atoms with Gasteiger partial charge in [-0.15, -0.1) is 10.2 Å². The van der Waals surface area contributed by atoms with Crippen LogP contribution in [0.4, 0.5) is 10.3 Å². The second kappa shape index (κ2) is 7.16. The molecule has 0 aliphatic carbocycles. The molecule has 1 fully saturated rings. The van der Waals surface area contributed by atoms with Gasteiger partial charge in [-0.3, -0.25) is 14.7 Å². The molecule has 0 radical (unpaired) electrons. The molecule has 9 heteroatoms. The summed E-state index contributed by atoms with van der Waals surface area (Å²) < 4.78 is 5.65. The highest BCUT2D eigenvalue weighted by atomic mass is 32.1. The summed E-state index contributed by atoms with van der Waals surface area (Å²) in [5, 5.41) is 12.3. The van der Waals surface area contributed by atoms with Gasteiger partial charge in [0.2, 0.25) is 16.2 Å². The van der Waals surface area contributed by atoms with E-state index in [1.165, 1.54) is 23.8 Å². The molecule has 0 spiro atoms. The number of amides is 1. The maximum Gasteiger partial charge on any atom is 0.223 e. The summed E-state index contributed by atoms with van der Waals surface area (Å²) >= 11 is 1.41. The van der Waals surface area contributed by atoms with E-state index in [-0.39, 0.29) is 5.91 Å². The molecule has 2 aliphatic rings. The van der Waals surface area contributed by atoms with Crippen molar-refractivity contribution in [2.45, 2.75) is 26.3 Å². The molecule has 2 aromatic rings. The Hall–Kier alpha value is -2.26. The second-order valence-corrected chi connectivity index (χ2v) is 7.54. The molecule has 138 valence electrons. The largest absolute Gasteiger partial charge is 0.491 e. The maximum atomic E-state index is 11.1. The summed E-state index contributed by atoms with van der Waals surface area (Å²) in [6.07, 6.45) is 2.89. The van der Waals surface area contributed by atoms with Gasteiger partial charge in [0.25, 0.3) is 0 Å².